The number of nitro groups is 1. The van der Waals surface area contributed by atoms with Gasteiger partial charge in [-0.1, -0.05) is 29.8 Å². The highest BCUT2D eigenvalue weighted by molar-refractivity contribution is 6.33. The van der Waals surface area contributed by atoms with Crippen LogP contribution in [0, 0.1) is 10.1 Å². The summed E-state index contributed by atoms with van der Waals surface area (Å²) in [5.74, 6) is -0.692. The normalized spacial score (nSPS) is 10.0. The van der Waals surface area contributed by atoms with Crippen LogP contribution < -0.4 is 10.6 Å². The summed E-state index contributed by atoms with van der Waals surface area (Å²) in [6.45, 7) is 0.131. The quantitative estimate of drug-likeness (QED) is 0.619. The van der Waals surface area contributed by atoms with E-state index in [1.165, 1.54) is 18.2 Å². The van der Waals surface area contributed by atoms with Crippen molar-refractivity contribution in [3.8, 4) is 0 Å². The minimum Gasteiger partial charge on any atom is -0.352 e. The fourth-order valence-corrected chi connectivity index (χ4v) is 2.08. The summed E-state index contributed by atoms with van der Waals surface area (Å²) >= 11 is 5.90. The lowest BCUT2D eigenvalue weighted by atomic mass is 10.2. The van der Waals surface area contributed by atoms with Crippen LogP contribution in [0.1, 0.15) is 16.8 Å². The molecule has 24 heavy (non-hydrogen) atoms. The van der Waals surface area contributed by atoms with Crippen LogP contribution in [0.4, 0.5) is 11.4 Å². The van der Waals surface area contributed by atoms with Crippen LogP contribution in [0.2, 0.25) is 5.02 Å². The summed E-state index contributed by atoms with van der Waals surface area (Å²) < 4.78 is 0. The second kappa shape index (κ2) is 8.07. The zero-order valence-electron chi connectivity index (χ0n) is 12.5. The highest BCUT2D eigenvalue weighted by atomic mass is 35.5. The lowest BCUT2D eigenvalue weighted by molar-refractivity contribution is -0.384. The van der Waals surface area contributed by atoms with Gasteiger partial charge in [0, 0.05) is 30.7 Å². The number of nitrogens with one attached hydrogen (secondary N) is 2. The van der Waals surface area contributed by atoms with E-state index in [2.05, 4.69) is 10.6 Å². The first-order valence-electron chi connectivity index (χ1n) is 7.04. The smallest absolute Gasteiger partial charge is 0.271 e. The van der Waals surface area contributed by atoms with Crippen molar-refractivity contribution in [2.75, 3.05) is 11.9 Å². The molecular weight excluding hydrogens is 334 g/mol. The van der Waals surface area contributed by atoms with E-state index in [4.69, 9.17) is 11.6 Å². The van der Waals surface area contributed by atoms with Gasteiger partial charge in [-0.3, -0.25) is 19.7 Å². The number of nitrogens with zero attached hydrogens (tertiary/aromatic N) is 1. The molecule has 0 spiro atoms. The van der Waals surface area contributed by atoms with E-state index in [9.17, 15) is 19.7 Å². The van der Waals surface area contributed by atoms with Gasteiger partial charge < -0.3 is 10.6 Å². The maximum atomic E-state index is 11.9. The average molecular weight is 348 g/mol. The van der Waals surface area contributed by atoms with E-state index < -0.39 is 10.8 Å². The van der Waals surface area contributed by atoms with Crippen molar-refractivity contribution < 1.29 is 14.5 Å². The summed E-state index contributed by atoms with van der Waals surface area (Å²) in [6.07, 6.45) is 0.0115. The molecule has 0 atom stereocenters. The fraction of sp³-hybridized carbons (Fsp3) is 0.125. The third-order valence-electron chi connectivity index (χ3n) is 3.11. The Labute approximate surface area is 142 Å². The fourth-order valence-electron chi connectivity index (χ4n) is 1.92. The van der Waals surface area contributed by atoms with Crippen LogP contribution in [0.3, 0.4) is 0 Å². The molecule has 2 N–H and O–H groups in total. The summed E-state index contributed by atoms with van der Waals surface area (Å²) in [5.41, 5.74) is 0.483. The molecule has 0 radical (unpaired) electrons. The topological polar surface area (TPSA) is 101 Å². The first-order chi connectivity index (χ1) is 11.5. The average Bonchev–Trinajstić information content (AvgIpc) is 2.57. The van der Waals surface area contributed by atoms with Crippen molar-refractivity contribution in [3.05, 3.63) is 69.2 Å². The lowest BCUT2D eigenvalue weighted by Crippen LogP contribution is -2.27. The van der Waals surface area contributed by atoms with E-state index in [1.807, 2.05) is 0 Å². The standard InChI is InChI=1S/C16H14ClN3O4/c17-13-7-6-12(20(23)24)10-14(13)19-15(21)8-9-18-16(22)11-4-2-1-3-5-11/h1-7,10H,8-9H2,(H,18,22)(H,19,21). The molecule has 0 unspecified atom stereocenters. The number of carbonyl (C=O) groups excluding carboxylic acids is 2. The van der Waals surface area contributed by atoms with Gasteiger partial charge in [-0.05, 0) is 18.2 Å². The van der Waals surface area contributed by atoms with Crippen LogP contribution in [0.5, 0.6) is 0 Å². The zero-order valence-corrected chi connectivity index (χ0v) is 13.2. The van der Waals surface area contributed by atoms with Crippen molar-refractivity contribution in [3.63, 3.8) is 0 Å². The molecule has 2 aromatic carbocycles. The number of benzene rings is 2. The van der Waals surface area contributed by atoms with Gasteiger partial charge in [-0.25, -0.2) is 0 Å². The predicted molar refractivity (Wildman–Crippen MR) is 90.1 cm³/mol. The van der Waals surface area contributed by atoms with Gasteiger partial charge in [-0.15, -0.1) is 0 Å². The number of hydrogen-bond donors (Lipinski definition) is 2. The maximum absolute atomic E-state index is 11.9. The van der Waals surface area contributed by atoms with Gasteiger partial charge in [0.2, 0.25) is 5.91 Å². The molecule has 2 amide bonds. The van der Waals surface area contributed by atoms with Crippen LogP contribution in [0.25, 0.3) is 0 Å². The van der Waals surface area contributed by atoms with Crippen LogP contribution in [0.15, 0.2) is 48.5 Å². The SMILES string of the molecule is O=C(CCNC(=O)c1ccccc1)Nc1cc([N+](=O)[O-])ccc1Cl. The zero-order chi connectivity index (χ0) is 17.5. The Morgan fingerprint density at radius 1 is 1.12 bits per heavy atom. The Morgan fingerprint density at radius 3 is 2.50 bits per heavy atom. The monoisotopic (exact) mass is 347 g/mol. The third-order valence-corrected chi connectivity index (χ3v) is 3.44. The molecule has 0 heterocycles. The number of halogens is 1. The number of hydrogen-bond acceptors (Lipinski definition) is 4. The minimum atomic E-state index is -0.577. The van der Waals surface area contributed by atoms with Gasteiger partial charge in [0.25, 0.3) is 11.6 Å². The Kier molecular flexibility index (Phi) is 5.86. The van der Waals surface area contributed by atoms with Gasteiger partial charge in [-0.2, -0.15) is 0 Å². The molecule has 0 fully saturated rings. The molecule has 0 aromatic heterocycles. The van der Waals surface area contributed by atoms with E-state index >= 15 is 0 Å². The Bertz CT molecular complexity index is 765. The summed E-state index contributed by atoms with van der Waals surface area (Å²) in [7, 11) is 0. The van der Waals surface area contributed by atoms with Crippen molar-refractivity contribution in [2.24, 2.45) is 0 Å². The minimum absolute atomic E-state index is 0.0115. The number of carbonyl (C=O) groups is 2. The molecule has 0 saturated carbocycles. The van der Waals surface area contributed by atoms with E-state index in [0.717, 1.165) is 0 Å². The predicted octanol–water partition coefficient (Wildman–Crippen LogP) is 3.01. The Morgan fingerprint density at radius 2 is 1.83 bits per heavy atom. The first kappa shape index (κ1) is 17.4. The highest BCUT2D eigenvalue weighted by Crippen LogP contribution is 2.26. The third kappa shape index (κ3) is 4.79. The van der Waals surface area contributed by atoms with Crippen molar-refractivity contribution in [1.29, 1.82) is 0 Å². The van der Waals surface area contributed by atoms with Crippen molar-refractivity contribution in [2.45, 2.75) is 6.42 Å². The molecule has 0 aliphatic heterocycles. The second-order valence-electron chi connectivity index (χ2n) is 4.84. The molecule has 0 bridgehead atoms. The van der Waals surface area contributed by atoms with Crippen molar-refractivity contribution in [1.82, 2.24) is 5.32 Å². The van der Waals surface area contributed by atoms with E-state index in [1.54, 1.807) is 30.3 Å². The number of rotatable bonds is 6. The summed E-state index contributed by atoms with van der Waals surface area (Å²) in [6, 6.07) is 12.4. The molecule has 124 valence electrons. The second-order valence-corrected chi connectivity index (χ2v) is 5.25. The van der Waals surface area contributed by atoms with Crippen LogP contribution in [-0.4, -0.2) is 23.3 Å². The number of anilines is 1. The van der Waals surface area contributed by atoms with Crippen LogP contribution >= 0.6 is 11.6 Å². The molecule has 8 heteroatoms. The van der Waals surface area contributed by atoms with Crippen molar-refractivity contribution >= 4 is 34.8 Å². The molecule has 0 aliphatic carbocycles. The van der Waals surface area contributed by atoms with Crippen LogP contribution in [-0.2, 0) is 4.79 Å². The lowest BCUT2D eigenvalue weighted by Gasteiger charge is -2.08. The number of non-ortho nitro benzene ring substituents is 1. The van der Waals surface area contributed by atoms with Gasteiger partial charge >= 0.3 is 0 Å². The summed E-state index contributed by atoms with van der Waals surface area (Å²) in [4.78, 5) is 33.8. The number of nitro benzene ring substituents is 1. The highest BCUT2D eigenvalue weighted by Gasteiger charge is 2.12. The largest absolute Gasteiger partial charge is 0.352 e. The van der Waals surface area contributed by atoms with E-state index in [-0.39, 0.29) is 35.3 Å². The Hall–Kier alpha value is -2.93. The van der Waals surface area contributed by atoms with Gasteiger partial charge in [0.05, 0.1) is 15.6 Å². The molecule has 2 aromatic rings. The molecule has 7 nitrogen and oxygen atoms in total. The van der Waals surface area contributed by atoms with E-state index in [0.29, 0.717) is 5.56 Å². The molecule has 0 saturated heterocycles. The first-order valence-corrected chi connectivity index (χ1v) is 7.42. The molecule has 2 rings (SSSR count). The molecule has 0 aliphatic rings. The van der Waals surface area contributed by atoms with Gasteiger partial charge in [0.1, 0.15) is 0 Å². The Balaban J connectivity index is 1.87. The van der Waals surface area contributed by atoms with Gasteiger partial charge in [0.15, 0.2) is 0 Å². The molecular formula is C16H14ClN3O4. The maximum Gasteiger partial charge on any atom is 0.271 e. The number of amides is 2. The summed E-state index contributed by atoms with van der Waals surface area (Å²) in [5, 5.41) is 16.0.